The Balaban J connectivity index is 1.84. The monoisotopic (exact) mass is 388 g/mol. The van der Waals surface area contributed by atoms with Crippen molar-refractivity contribution in [2.75, 3.05) is 12.4 Å². The highest BCUT2D eigenvalue weighted by atomic mass is 35.5. The third-order valence-electron chi connectivity index (χ3n) is 3.61. The van der Waals surface area contributed by atoms with E-state index in [4.69, 9.17) is 16.3 Å². The number of Topliss-reactive ketones (excluding diaryl/α,β-unsaturated/α-hetero) is 1. The minimum atomic E-state index is -0.443. The summed E-state index contributed by atoms with van der Waals surface area (Å²) in [7, 11) is 0. The molecule has 0 aliphatic heterocycles. The third kappa shape index (κ3) is 4.65. The summed E-state index contributed by atoms with van der Waals surface area (Å²) in [5, 5.41) is 1.31. The lowest BCUT2D eigenvalue weighted by Gasteiger charge is -2.09. The number of imidazole rings is 1. The first-order valence-corrected chi connectivity index (χ1v) is 9.37. The minimum Gasteiger partial charge on any atom is -0.457 e. The second-order valence-electron chi connectivity index (χ2n) is 5.75. The normalized spacial score (nSPS) is 10.8. The lowest BCUT2D eigenvalue weighted by atomic mass is 10.2. The molecule has 1 aromatic heterocycles. The van der Waals surface area contributed by atoms with Crippen LogP contribution < -0.4 is 0 Å². The summed E-state index contributed by atoms with van der Waals surface area (Å²) < 4.78 is 6.95. The maximum atomic E-state index is 11.8. The van der Waals surface area contributed by atoms with Crippen molar-refractivity contribution < 1.29 is 14.3 Å². The van der Waals surface area contributed by atoms with Gasteiger partial charge in [-0.2, -0.15) is 0 Å². The Morgan fingerprint density at radius 2 is 1.96 bits per heavy atom. The average Bonchev–Trinajstić information content (AvgIpc) is 2.95. The molecule has 5 nitrogen and oxygen atoms in total. The van der Waals surface area contributed by atoms with Gasteiger partial charge in [0.2, 0.25) is 0 Å². The molecule has 7 heteroatoms. The number of carbonyl (C=O) groups is 2. The van der Waals surface area contributed by atoms with Gasteiger partial charge in [0.15, 0.2) is 10.9 Å². The third-order valence-corrected chi connectivity index (χ3v) is 4.80. The van der Waals surface area contributed by atoms with Crippen LogP contribution in [-0.2, 0) is 20.9 Å². The van der Waals surface area contributed by atoms with Crippen LogP contribution in [0.15, 0.2) is 53.7 Å². The molecule has 134 valence electrons. The second kappa shape index (κ2) is 8.38. The number of nitrogens with zero attached hydrogens (tertiary/aromatic N) is 2. The molecular formula is C19H17ClN2O3S. The van der Waals surface area contributed by atoms with Crippen molar-refractivity contribution >= 4 is 46.1 Å². The molecule has 0 bridgehead atoms. The largest absolute Gasteiger partial charge is 0.457 e. The molecule has 3 aromatic rings. The lowest BCUT2D eigenvalue weighted by Crippen LogP contribution is -2.13. The molecule has 0 radical (unpaired) electrons. The number of carbonyl (C=O) groups excluding carboxylic acids is 2. The lowest BCUT2D eigenvalue weighted by molar-refractivity contribution is -0.144. The highest BCUT2D eigenvalue weighted by Crippen LogP contribution is 2.27. The van der Waals surface area contributed by atoms with Gasteiger partial charge in [0.05, 0.1) is 23.3 Å². The van der Waals surface area contributed by atoms with E-state index >= 15 is 0 Å². The smallest absolute Gasteiger partial charge is 0.316 e. The molecule has 0 aliphatic carbocycles. The summed E-state index contributed by atoms with van der Waals surface area (Å²) in [6, 6.07) is 15.6. The van der Waals surface area contributed by atoms with Crippen LogP contribution >= 0.6 is 23.4 Å². The van der Waals surface area contributed by atoms with E-state index in [2.05, 4.69) is 4.98 Å². The van der Waals surface area contributed by atoms with Gasteiger partial charge in [0.1, 0.15) is 6.61 Å². The highest BCUT2D eigenvalue weighted by molar-refractivity contribution is 7.99. The highest BCUT2D eigenvalue weighted by Gasteiger charge is 2.14. The van der Waals surface area contributed by atoms with E-state index in [0.717, 1.165) is 16.6 Å². The molecule has 0 unspecified atom stereocenters. The summed E-state index contributed by atoms with van der Waals surface area (Å²) >= 11 is 7.36. The molecule has 3 rings (SSSR count). The zero-order valence-corrected chi connectivity index (χ0v) is 15.7. The fourth-order valence-corrected chi connectivity index (χ4v) is 3.44. The van der Waals surface area contributed by atoms with Gasteiger partial charge >= 0.3 is 5.97 Å². The molecule has 0 amide bonds. The Bertz CT molecular complexity index is 941. The van der Waals surface area contributed by atoms with Gasteiger partial charge in [-0.1, -0.05) is 53.7 Å². The van der Waals surface area contributed by atoms with Crippen LogP contribution in [0.1, 0.15) is 12.5 Å². The number of aromatic nitrogens is 2. The molecule has 0 saturated heterocycles. The van der Waals surface area contributed by atoms with Gasteiger partial charge in [-0.15, -0.1) is 0 Å². The van der Waals surface area contributed by atoms with Crippen molar-refractivity contribution in [2.45, 2.75) is 18.6 Å². The predicted octanol–water partition coefficient (Wildman–Crippen LogP) is 3.96. The first kappa shape index (κ1) is 18.5. The standard InChI is InChI=1S/C19H17ClN2O3S/c1-13(23)11-25-18(24)12-26-19-21-16-9-15(20)7-8-17(16)22(19)10-14-5-3-2-4-6-14/h2-9H,10-12H2,1H3. The average molecular weight is 389 g/mol. The van der Waals surface area contributed by atoms with Crippen molar-refractivity contribution in [3.05, 3.63) is 59.1 Å². The Labute approximate surface area is 160 Å². The quantitative estimate of drug-likeness (QED) is 0.453. The molecule has 0 saturated carbocycles. The maximum absolute atomic E-state index is 11.8. The zero-order chi connectivity index (χ0) is 18.5. The number of ether oxygens (including phenoxy) is 1. The van der Waals surface area contributed by atoms with Gasteiger partial charge in [-0.25, -0.2) is 4.98 Å². The van der Waals surface area contributed by atoms with E-state index in [1.807, 2.05) is 47.0 Å². The van der Waals surface area contributed by atoms with Gasteiger partial charge in [-0.3, -0.25) is 9.59 Å². The molecule has 0 fully saturated rings. The number of esters is 1. The molecule has 2 aromatic carbocycles. The van der Waals surface area contributed by atoms with Crippen LogP contribution in [0.4, 0.5) is 0 Å². The molecule has 0 N–H and O–H groups in total. The maximum Gasteiger partial charge on any atom is 0.316 e. The summed E-state index contributed by atoms with van der Waals surface area (Å²) in [5.41, 5.74) is 2.84. The molecule has 1 heterocycles. The number of hydrogen-bond donors (Lipinski definition) is 0. The van der Waals surface area contributed by atoms with Crippen molar-refractivity contribution in [1.82, 2.24) is 9.55 Å². The predicted molar refractivity (Wildman–Crippen MR) is 103 cm³/mol. The number of rotatable bonds is 7. The number of halogens is 1. The van der Waals surface area contributed by atoms with E-state index < -0.39 is 5.97 Å². The molecule has 0 spiro atoms. The van der Waals surface area contributed by atoms with Gasteiger partial charge in [-0.05, 0) is 30.7 Å². The van der Waals surface area contributed by atoms with Crippen LogP contribution in [0.2, 0.25) is 5.02 Å². The molecule has 0 atom stereocenters. The molecule has 0 aliphatic rings. The van der Waals surface area contributed by atoms with Crippen molar-refractivity contribution in [3.8, 4) is 0 Å². The number of benzene rings is 2. The van der Waals surface area contributed by atoms with E-state index in [1.54, 1.807) is 6.07 Å². The van der Waals surface area contributed by atoms with Gasteiger partial charge in [0, 0.05) is 5.02 Å². The van der Waals surface area contributed by atoms with E-state index in [-0.39, 0.29) is 18.1 Å². The van der Waals surface area contributed by atoms with Crippen LogP contribution in [0.3, 0.4) is 0 Å². The Morgan fingerprint density at radius 3 is 2.69 bits per heavy atom. The minimum absolute atomic E-state index is 0.0825. The van der Waals surface area contributed by atoms with Crippen LogP contribution in [0, 0.1) is 0 Å². The van der Waals surface area contributed by atoms with Crippen molar-refractivity contribution in [2.24, 2.45) is 0 Å². The van der Waals surface area contributed by atoms with Crippen molar-refractivity contribution in [3.63, 3.8) is 0 Å². The number of ketones is 1. The molecular weight excluding hydrogens is 372 g/mol. The Morgan fingerprint density at radius 1 is 1.19 bits per heavy atom. The Hall–Kier alpha value is -2.31. The number of hydrogen-bond acceptors (Lipinski definition) is 5. The number of fused-ring (bicyclic) bond motifs is 1. The second-order valence-corrected chi connectivity index (χ2v) is 7.13. The SMILES string of the molecule is CC(=O)COC(=O)CSc1nc2cc(Cl)ccc2n1Cc1ccccc1. The summed E-state index contributed by atoms with van der Waals surface area (Å²) in [6.07, 6.45) is 0. The van der Waals surface area contributed by atoms with Crippen LogP contribution in [-0.4, -0.2) is 33.7 Å². The summed E-state index contributed by atoms with van der Waals surface area (Å²) in [4.78, 5) is 27.3. The summed E-state index contributed by atoms with van der Waals surface area (Å²) in [5.74, 6) is -0.546. The van der Waals surface area contributed by atoms with E-state index in [1.165, 1.54) is 18.7 Å². The van der Waals surface area contributed by atoms with Crippen LogP contribution in [0.5, 0.6) is 0 Å². The van der Waals surface area contributed by atoms with E-state index in [0.29, 0.717) is 16.7 Å². The van der Waals surface area contributed by atoms with E-state index in [9.17, 15) is 9.59 Å². The topological polar surface area (TPSA) is 61.2 Å². The van der Waals surface area contributed by atoms with Gasteiger partial charge < -0.3 is 9.30 Å². The number of thioether (sulfide) groups is 1. The summed E-state index contributed by atoms with van der Waals surface area (Å²) in [6.45, 7) is 1.81. The first-order chi connectivity index (χ1) is 12.5. The van der Waals surface area contributed by atoms with Crippen LogP contribution in [0.25, 0.3) is 11.0 Å². The fourth-order valence-electron chi connectivity index (χ4n) is 2.46. The fraction of sp³-hybridized carbons (Fsp3) is 0.211. The first-order valence-electron chi connectivity index (χ1n) is 8.00. The zero-order valence-electron chi connectivity index (χ0n) is 14.1. The van der Waals surface area contributed by atoms with Crippen molar-refractivity contribution in [1.29, 1.82) is 0 Å². The Kier molecular flexibility index (Phi) is 5.96. The van der Waals surface area contributed by atoms with Gasteiger partial charge in [0.25, 0.3) is 0 Å². The molecule has 26 heavy (non-hydrogen) atoms.